The average molecular weight is 212 g/mol. The van der Waals surface area contributed by atoms with Gasteiger partial charge in [-0.05, 0) is 48.7 Å². The molecule has 2 heteroatoms. The number of hydrogen-bond donors (Lipinski definition) is 2. The van der Waals surface area contributed by atoms with Crippen molar-refractivity contribution in [3.63, 3.8) is 0 Å². The second kappa shape index (κ2) is 3.89. The maximum atomic E-state index is 5.96. The highest BCUT2D eigenvalue weighted by Gasteiger charge is 2.05. The number of hydrogen-bond acceptors (Lipinski definition) is 2. The number of anilines is 2. The van der Waals surface area contributed by atoms with E-state index in [0.29, 0.717) is 0 Å². The molecule has 0 unspecified atom stereocenters. The van der Waals surface area contributed by atoms with Crippen molar-refractivity contribution in [1.29, 1.82) is 0 Å². The fraction of sp³-hybridized carbons (Fsp3) is 0.143. The van der Waals surface area contributed by atoms with Crippen LogP contribution in [-0.4, -0.2) is 0 Å². The van der Waals surface area contributed by atoms with Crippen LogP contribution in [0.15, 0.2) is 36.4 Å². The third-order valence-corrected chi connectivity index (χ3v) is 2.87. The quantitative estimate of drug-likeness (QED) is 0.713. The Kier molecular flexibility index (Phi) is 2.57. The van der Waals surface area contributed by atoms with E-state index in [4.69, 9.17) is 11.5 Å². The molecule has 0 aromatic heterocycles. The second-order valence-corrected chi connectivity index (χ2v) is 4.11. The predicted molar refractivity (Wildman–Crippen MR) is 70.2 cm³/mol. The molecule has 2 aromatic carbocycles. The molecule has 16 heavy (non-hydrogen) atoms. The van der Waals surface area contributed by atoms with Gasteiger partial charge < -0.3 is 11.5 Å². The van der Waals surface area contributed by atoms with Crippen LogP contribution >= 0.6 is 0 Å². The first kappa shape index (κ1) is 10.6. The third kappa shape index (κ3) is 1.74. The Morgan fingerprint density at radius 2 is 1.44 bits per heavy atom. The van der Waals surface area contributed by atoms with Crippen molar-refractivity contribution < 1.29 is 0 Å². The Bertz CT molecular complexity index is 507. The van der Waals surface area contributed by atoms with Crippen LogP contribution in [-0.2, 0) is 0 Å². The first-order chi connectivity index (χ1) is 7.59. The van der Waals surface area contributed by atoms with E-state index in [0.717, 1.165) is 33.6 Å². The molecule has 2 nitrogen and oxygen atoms in total. The van der Waals surface area contributed by atoms with Crippen molar-refractivity contribution in [3.8, 4) is 11.1 Å². The molecule has 0 bridgehead atoms. The van der Waals surface area contributed by atoms with Gasteiger partial charge in [-0.3, -0.25) is 0 Å². The summed E-state index contributed by atoms with van der Waals surface area (Å²) in [5.41, 5.74) is 17.9. The average Bonchev–Trinajstić information content (AvgIpc) is 2.26. The zero-order valence-electron chi connectivity index (χ0n) is 9.62. The molecule has 0 spiro atoms. The molecule has 0 aliphatic carbocycles. The molecule has 0 radical (unpaired) electrons. The molecule has 2 aromatic rings. The van der Waals surface area contributed by atoms with Gasteiger partial charge in [-0.1, -0.05) is 18.2 Å². The summed E-state index contributed by atoms with van der Waals surface area (Å²) in [7, 11) is 0. The predicted octanol–water partition coefficient (Wildman–Crippen LogP) is 3.13. The number of aryl methyl sites for hydroxylation is 2. The highest BCUT2D eigenvalue weighted by Crippen LogP contribution is 2.29. The van der Waals surface area contributed by atoms with Gasteiger partial charge in [0.15, 0.2) is 0 Å². The van der Waals surface area contributed by atoms with Gasteiger partial charge in [0.25, 0.3) is 0 Å². The SMILES string of the molecule is Cc1cc(-c2ccccc2N)cc(C)c1N. The summed E-state index contributed by atoms with van der Waals surface area (Å²) in [6.45, 7) is 4.04. The Morgan fingerprint density at radius 3 is 2.00 bits per heavy atom. The molecule has 0 saturated heterocycles. The lowest BCUT2D eigenvalue weighted by molar-refractivity contribution is 1.39. The number of benzene rings is 2. The maximum absolute atomic E-state index is 5.96. The molecule has 0 fully saturated rings. The van der Waals surface area contributed by atoms with Crippen LogP contribution in [0.25, 0.3) is 11.1 Å². The molecular weight excluding hydrogens is 196 g/mol. The molecule has 0 aliphatic heterocycles. The molecule has 0 saturated carbocycles. The molecule has 0 heterocycles. The molecule has 4 N–H and O–H groups in total. The molecule has 0 aliphatic rings. The van der Waals surface area contributed by atoms with E-state index in [2.05, 4.69) is 12.1 Å². The van der Waals surface area contributed by atoms with E-state index in [1.54, 1.807) is 0 Å². The monoisotopic (exact) mass is 212 g/mol. The van der Waals surface area contributed by atoms with Crippen molar-refractivity contribution in [2.75, 3.05) is 11.5 Å². The lowest BCUT2D eigenvalue weighted by Crippen LogP contribution is -1.95. The first-order valence-corrected chi connectivity index (χ1v) is 5.31. The van der Waals surface area contributed by atoms with E-state index in [1.165, 1.54) is 0 Å². The third-order valence-electron chi connectivity index (χ3n) is 2.87. The minimum atomic E-state index is 0.797. The van der Waals surface area contributed by atoms with Crippen molar-refractivity contribution >= 4 is 11.4 Å². The Labute approximate surface area is 95.9 Å². The molecule has 0 amide bonds. The van der Waals surface area contributed by atoms with Crippen molar-refractivity contribution in [2.45, 2.75) is 13.8 Å². The zero-order valence-corrected chi connectivity index (χ0v) is 9.62. The van der Waals surface area contributed by atoms with Crippen LogP contribution in [0.5, 0.6) is 0 Å². The molecule has 2 rings (SSSR count). The second-order valence-electron chi connectivity index (χ2n) is 4.11. The topological polar surface area (TPSA) is 52.0 Å². The minimum Gasteiger partial charge on any atom is -0.398 e. The summed E-state index contributed by atoms with van der Waals surface area (Å²) in [5, 5.41) is 0. The van der Waals surface area contributed by atoms with Gasteiger partial charge in [-0.15, -0.1) is 0 Å². The van der Waals surface area contributed by atoms with Crippen LogP contribution in [0.3, 0.4) is 0 Å². The van der Waals surface area contributed by atoms with Crippen molar-refractivity contribution in [3.05, 3.63) is 47.5 Å². The normalized spacial score (nSPS) is 10.4. The largest absolute Gasteiger partial charge is 0.398 e. The molecular formula is C14H16N2. The smallest absolute Gasteiger partial charge is 0.0393 e. The number of rotatable bonds is 1. The fourth-order valence-corrected chi connectivity index (χ4v) is 1.89. The number of para-hydroxylation sites is 1. The summed E-state index contributed by atoms with van der Waals surface area (Å²) in [6, 6.07) is 12.0. The fourth-order valence-electron chi connectivity index (χ4n) is 1.89. The summed E-state index contributed by atoms with van der Waals surface area (Å²) in [6.07, 6.45) is 0. The zero-order chi connectivity index (χ0) is 11.7. The summed E-state index contributed by atoms with van der Waals surface area (Å²) in [5.74, 6) is 0. The van der Waals surface area contributed by atoms with Crippen LogP contribution in [0.4, 0.5) is 11.4 Å². The van der Waals surface area contributed by atoms with E-state index in [1.807, 2.05) is 38.1 Å². The van der Waals surface area contributed by atoms with Gasteiger partial charge in [0.05, 0.1) is 0 Å². The number of nitrogen functional groups attached to an aromatic ring is 2. The highest BCUT2D eigenvalue weighted by molar-refractivity contribution is 5.78. The van der Waals surface area contributed by atoms with Crippen LogP contribution in [0, 0.1) is 13.8 Å². The van der Waals surface area contributed by atoms with E-state index in [9.17, 15) is 0 Å². The van der Waals surface area contributed by atoms with Gasteiger partial charge >= 0.3 is 0 Å². The van der Waals surface area contributed by atoms with Crippen LogP contribution in [0.1, 0.15) is 11.1 Å². The van der Waals surface area contributed by atoms with Gasteiger partial charge in [0.1, 0.15) is 0 Å². The summed E-state index contributed by atoms with van der Waals surface area (Å²) < 4.78 is 0. The molecule has 0 atom stereocenters. The highest BCUT2D eigenvalue weighted by atomic mass is 14.6. The standard InChI is InChI=1S/C14H16N2/c1-9-7-11(8-10(2)14(9)16)12-5-3-4-6-13(12)15/h3-8H,15-16H2,1-2H3. The van der Waals surface area contributed by atoms with Gasteiger partial charge in [0, 0.05) is 16.9 Å². The lowest BCUT2D eigenvalue weighted by atomic mass is 9.98. The number of nitrogens with two attached hydrogens (primary N) is 2. The van der Waals surface area contributed by atoms with Crippen LogP contribution < -0.4 is 11.5 Å². The first-order valence-electron chi connectivity index (χ1n) is 5.31. The summed E-state index contributed by atoms with van der Waals surface area (Å²) >= 11 is 0. The van der Waals surface area contributed by atoms with Gasteiger partial charge in [0.2, 0.25) is 0 Å². The molecule has 82 valence electrons. The maximum Gasteiger partial charge on any atom is 0.0393 e. The minimum absolute atomic E-state index is 0.797. The summed E-state index contributed by atoms with van der Waals surface area (Å²) in [4.78, 5) is 0. The van der Waals surface area contributed by atoms with E-state index >= 15 is 0 Å². The van der Waals surface area contributed by atoms with E-state index < -0.39 is 0 Å². The van der Waals surface area contributed by atoms with E-state index in [-0.39, 0.29) is 0 Å². The van der Waals surface area contributed by atoms with Gasteiger partial charge in [-0.25, -0.2) is 0 Å². The van der Waals surface area contributed by atoms with Crippen molar-refractivity contribution in [2.24, 2.45) is 0 Å². The van der Waals surface area contributed by atoms with Crippen molar-refractivity contribution in [1.82, 2.24) is 0 Å². The Hall–Kier alpha value is -1.96. The van der Waals surface area contributed by atoms with Crippen LogP contribution in [0.2, 0.25) is 0 Å². The lowest BCUT2D eigenvalue weighted by Gasteiger charge is -2.10. The van der Waals surface area contributed by atoms with Gasteiger partial charge in [-0.2, -0.15) is 0 Å². The Balaban J connectivity index is 2.62. The Morgan fingerprint density at radius 1 is 0.875 bits per heavy atom.